The number of benzene rings is 1. The first-order chi connectivity index (χ1) is 24.7. The van der Waals surface area contributed by atoms with Crippen LogP contribution in [-0.2, 0) is 25.6 Å². The number of thioether (sulfide) groups is 1. The summed E-state index contributed by atoms with van der Waals surface area (Å²) in [4.78, 5) is 50.0. The summed E-state index contributed by atoms with van der Waals surface area (Å²) in [5.41, 5.74) is -5.08. The highest BCUT2D eigenvalue weighted by Gasteiger charge is 2.57. The molecule has 0 spiro atoms. The summed E-state index contributed by atoms with van der Waals surface area (Å²) >= 11 is 0.677. The number of alkyl halides is 6. The Kier molecular flexibility index (Phi) is 15.2. The summed E-state index contributed by atoms with van der Waals surface area (Å²) < 4.78 is 123. The van der Waals surface area contributed by atoms with Gasteiger partial charge in [0.05, 0.1) is 36.2 Å². The van der Waals surface area contributed by atoms with Crippen molar-refractivity contribution in [3.63, 3.8) is 0 Å². The molecule has 7 N–H and O–H groups in total. The van der Waals surface area contributed by atoms with Gasteiger partial charge in [-0.15, -0.1) is 0 Å². The van der Waals surface area contributed by atoms with E-state index in [0.717, 1.165) is 39.2 Å². The molecule has 1 unspecified atom stereocenters. The van der Waals surface area contributed by atoms with Crippen molar-refractivity contribution < 1.29 is 68.9 Å². The minimum Gasteiger partial charge on any atom is -0.453 e. The van der Waals surface area contributed by atoms with Crippen molar-refractivity contribution in [2.75, 3.05) is 27.3 Å². The summed E-state index contributed by atoms with van der Waals surface area (Å²) in [7, 11) is 1.62. The molecule has 1 fully saturated rings. The Labute approximate surface area is 308 Å². The molecule has 1 aromatic carbocycles. The second-order valence-electron chi connectivity index (χ2n) is 13.3. The van der Waals surface area contributed by atoms with Gasteiger partial charge in [-0.2, -0.15) is 26.3 Å². The first-order valence-electron chi connectivity index (χ1n) is 15.8. The largest absolute Gasteiger partial charge is 0.453 e. The van der Waals surface area contributed by atoms with Gasteiger partial charge in [0.1, 0.15) is 28.8 Å². The number of amides is 4. The molecule has 14 nitrogen and oxygen atoms in total. The van der Waals surface area contributed by atoms with E-state index in [4.69, 9.17) is 10.8 Å². The molecule has 0 bridgehead atoms. The number of nitrogens with zero attached hydrogens (tertiary/aromatic N) is 1. The lowest BCUT2D eigenvalue weighted by molar-refractivity contribution is -0.221. The number of halogens is 8. The molecule has 4 amide bonds. The first-order valence-corrected chi connectivity index (χ1v) is 16.7. The Morgan fingerprint density at radius 3 is 1.72 bits per heavy atom. The van der Waals surface area contributed by atoms with E-state index in [1.54, 1.807) is 10.6 Å². The molecule has 1 saturated carbocycles. The number of ether oxygens (including phenoxy) is 2. The number of nitrogens with one attached hydrogen (secondary N) is 6. The normalized spacial score (nSPS) is 15.4. The van der Waals surface area contributed by atoms with Gasteiger partial charge in [-0.05, 0) is 52.7 Å². The highest BCUT2D eigenvalue weighted by atomic mass is 32.2. The zero-order chi connectivity index (χ0) is 41.6. The van der Waals surface area contributed by atoms with Gasteiger partial charge in [0, 0.05) is 36.7 Å². The number of rotatable bonds is 15. The maximum atomic E-state index is 15.4. The van der Waals surface area contributed by atoms with Crippen LogP contribution in [0.1, 0.15) is 51.7 Å². The van der Waals surface area contributed by atoms with E-state index in [1.165, 1.54) is 0 Å². The molecule has 1 aliphatic carbocycles. The van der Waals surface area contributed by atoms with Crippen LogP contribution in [0.2, 0.25) is 0 Å². The van der Waals surface area contributed by atoms with Crippen LogP contribution in [0.25, 0.3) is 0 Å². The first kappa shape index (κ1) is 45.9. The fourth-order valence-electron chi connectivity index (χ4n) is 4.51. The summed E-state index contributed by atoms with van der Waals surface area (Å²) in [5, 5.41) is 32.6. The monoisotopic (exact) mass is 807 g/mol. The molecular weight excluding hydrogens is 766 g/mol. The lowest BCUT2D eigenvalue weighted by atomic mass is 9.83. The molecule has 3 atom stereocenters. The van der Waals surface area contributed by atoms with Gasteiger partial charge in [0.2, 0.25) is 5.91 Å². The van der Waals surface area contributed by atoms with Crippen LogP contribution < -0.4 is 21.4 Å². The lowest BCUT2D eigenvalue weighted by Gasteiger charge is -2.37. The molecule has 23 heteroatoms. The highest BCUT2D eigenvalue weighted by Crippen LogP contribution is 2.42. The SMILES string of the molecule is COC(=O)NC(C(=O)NC[C@@H](O)CN(Cc1c(F)cc(C(=N)SC(=N)C2CC2)cc1F)NC(=O)[C@@H](NC(=O)OC)C(C)(C)C(F)(F)F)C(C)(C)C(F)(F)F. The second-order valence-corrected chi connectivity index (χ2v) is 14.4. The van der Waals surface area contributed by atoms with E-state index in [9.17, 15) is 50.6 Å². The van der Waals surface area contributed by atoms with E-state index in [-0.39, 0.29) is 21.6 Å². The van der Waals surface area contributed by atoms with Crippen LogP contribution in [0.15, 0.2) is 12.1 Å². The predicted octanol–water partition coefficient (Wildman–Crippen LogP) is 4.35. The van der Waals surface area contributed by atoms with Crippen molar-refractivity contribution in [2.45, 2.75) is 77.6 Å². The average Bonchev–Trinajstić information content (AvgIpc) is 3.91. The second kappa shape index (κ2) is 17.9. The van der Waals surface area contributed by atoms with Crippen LogP contribution in [0, 0.1) is 39.2 Å². The van der Waals surface area contributed by atoms with Crippen molar-refractivity contribution in [1.29, 1.82) is 10.8 Å². The standard InChI is InChI=1S/C31H41F8N7O7S/c1-28(2,30(34,35)36)20(43-26(50)52-5)24(48)42-11-16(47)12-46(45-25(49)21(44-27(51)53-6)29(3,4)31(37,38)39)13-17-18(32)9-15(10-19(17)33)23(41)54-22(40)14-7-8-14/h9-10,14,16,20-21,40-41,47H,7-8,11-13H2,1-6H3,(H,42,48)(H,43,50)(H,44,51)(H,45,49)/t16-,20?,21-/m1/s1. The molecule has 0 aromatic heterocycles. The van der Waals surface area contributed by atoms with Crippen LogP contribution in [-0.4, -0.2) is 102 Å². The number of hydrazine groups is 1. The van der Waals surface area contributed by atoms with Crippen molar-refractivity contribution in [2.24, 2.45) is 16.7 Å². The number of hydrogen-bond donors (Lipinski definition) is 7. The number of aliphatic hydroxyl groups excluding tert-OH is 1. The molecule has 0 aliphatic heterocycles. The number of carbonyl (C=O) groups is 4. The van der Waals surface area contributed by atoms with Crippen molar-refractivity contribution in [1.82, 2.24) is 26.4 Å². The third-order valence-electron chi connectivity index (χ3n) is 8.45. The van der Waals surface area contributed by atoms with Gasteiger partial charge >= 0.3 is 24.5 Å². The minimum atomic E-state index is -5.14. The van der Waals surface area contributed by atoms with E-state index in [2.05, 4.69) is 9.47 Å². The Morgan fingerprint density at radius 2 is 1.31 bits per heavy atom. The van der Waals surface area contributed by atoms with Gasteiger partial charge in [-0.3, -0.25) is 25.8 Å². The van der Waals surface area contributed by atoms with Gasteiger partial charge < -0.3 is 30.5 Å². The molecule has 1 aliphatic rings. The molecule has 54 heavy (non-hydrogen) atoms. The smallest absolute Gasteiger partial charge is 0.407 e. The fraction of sp³-hybridized carbons (Fsp3) is 0.613. The van der Waals surface area contributed by atoms with Crippen LogP contribution >= 0.6 is 11.8 Å². The molecule has 304 valence electrons. The molecule has 0 saturated heterocycles. The summed E-state index contributed by atoms with van der Waals surface area (Å²) in [6.45, 7) is -0.665. The molecule has 0 heterocycles. The molecule has 2 rings (SSSR count). The summed E-state index contributed by atoms with van der Waals surface area (Å²) in [5.74, 6) is -5.80. The number of carbonyl (C=O) groups excluding carboxylic acids is 4. The van der Waals surface area contributed by atoms with E-state index in [0.29, 0.717) is 44.5 Å². The number of methoxy groups -OCH3 is 2. The van der Waals surface area contributed by atoms with E-state index >= 15 is 8.78 Å². The summed E-state index contributed by atoms with van der Waals surface area (Å²) in [6.07, 6.45) is -13.6. The average molecular weight is 808 g/mol. The zero-order valence-corrected chi connectivity index (χ0v) is 30.6. The number of aliphatic hydroxyl groups is 1. The number of alkyl carbamates (subject to hydrolysis) is 2. The van der Waals surface area contributed by atoms with Gasteiger partial charge in [-0.1, -0.05) is 11.8 Å². The maximum absolute atomic E-state index is 15.4. The Morgan fingerprint density at radius 1 is 0.870 bits per heavy atom. The molecule has 1 aromatic rings. The Hall–Kier alpha value is -4.25. The quantitative estimate of drug-likeness (QED) is 0.0582. The van der Waals surface area contributed by atoms with Crippen molar-refractivity contribution in [3.05, 3.63) is 34.9 Å². The molecule has 0 radical (unpaired) electrons. The third kappa shape index (κ3) is 11.9. The molecular formula is C31H41F8N7O7S. The van der Waals surface area contributed by atoms with E-state index in [1.807, 2.05) is 10.7 Å². The highest BCUT2D eigenvalue weighted by molar-refractivity contribution is 8.26. The maximum Gasteiger partial charge on any atom is 0.407 e. The zero-order valence-electron chi connectivity index (χ0n) is 29.8. The number of hydrogen-bond acceptors (Lipinski definition) is 11. The van der Waals surface area contributed by atoms with Crippen molar-refractivity contribution in [3.8, 4) is 0 Å². The third-order valence-corrected chi connectivity index (χ3v) is 9.44. The van der Waals surface area contributed by atoms with Crippen LogP contribution in [0.4, 0.5) is 44.7 Å². The minimum absolute atomic E-state index is 0.0661. The van der Waals surface area contributed by atoms with Gasteiger partial charge in [-0.25, -0.2) is 23.4 Å². The van der Waals surface area contributed by atoms with Gasteiger partial charge in [0.15, 0.2) is 0 Å². The lowest BCUT2D eigenvalue weighted by Crippen LogP contribution is -2.62. The topological polar surface area (TPSA) is 206 Å². The van der Waals surface area contributed by atoms with Crippen LogP contribution in [0.3, 0.4) is 0 Å². The van der Waals surface area contributed by atoms with Crippen molar-refractivity contribution >= 4 is 45.9 Å². The Balaban J connectivity index is 2.45. The summed E-state index contributed by atoms with van der Waals surface area (Å²) in [6, 6.07) is -3.32. The van der Waals surface area contributed by atoms with E-state index < -0.39 is 102 Å². The Bertz CT molecular complexity index is 1570. The predicted molar refractivity (Wildman–Crippen MR) is 177 cm³/mol. The van der Waals surface area contributed by atoms with Gasteiger partial charge in [0.25, 0.3) is 5.91 Å². The van der Waals surface area contributed by atoms with Crippen LogP contribution in [0.5, 0.6) is 0 Å². The fourth-order valence-corrected chi connectivity index (χ4v) is 5.37.